The van der Waals surface area contributed by atoms with Crippen LogP contribution in [0.3, 0.4) is 0 Å². The standard InChI is InChI=1S/C13H7Br2ClO2S/c14-11-5-8(13(15)19-11)12(17)10-4-6-3-7(16)1-2-9(6)18-10/h1-5,12,17H. The van der Waals surface area contributed by atoms with E-state index >= 15 is 0 Å². The van der Waals surface area contributed by atoms with Crippen LogP contribution in [-0.4, -0.2) is 5.11 Å². The Kier molecular flexibility index (Phi) is 3.75. The van der Waals surface area contributed by atoms with Crippen LogP contribution in [-0.2, 0) is 0 Å². The van der Waals surface area contributed by atoms with Crippen molar-refractivity contribution in [3.05, 3.63) is 54.3 Å². The molecule has 2 nitrogen and oxygen atoms in total. The third kappa shape index (κ3) is 2.62. The molecule has 1 unspecified atom stereocenters. The highest BCUT2D eigenvalue weighted by Gasteiger charge is 2.20. The summed E-state index contributed by atoms with van der Waals surface area (Å²) in [6, 6.07) is 9.06. The first-order chi connectivity index (χ1) is 9.04. The summed E-state index contributed by atoms with van der Waals surface area (Å²) in [5.41, 5.74) is 1.49. The summed E-state index contributed by atoms with van der Waals surface area (Å²) in [6.07, 6.45) is -0.803. The van der Waals surface area contributed by atoms with Crippen molar-refractivity contribution < 1.29 is 9.52 Å². The molecule has 0 radical (unpaired) electrons. The van der Waals surface area contributed by atoms with Gasteiger partial charge in [-0.15, -0.1) is 11.3 Å². The molecule has 1 atom stereocenters. The molecule has 98 valence electrons. The van der Waals surface area contributed by atoms with Gasteiger partial charge >= 0.3 is 0 Å². The summed E-state index contributed by atoms with van der Waals surface area (Å²) in [5.74, 6) is 0.503. The molecule has 0 aliphatic carbocycles. The average molecular weight is 423 g/mol. The number of fused-ring (bicyclic) bond motifs is 1. The van der Waals surface area contributed by atoms with Crippen LogP contribution >= 0.6 is 54.8 Å². The number of aliphatic hydroxyl groups excluding tert-OH is 1. The van der Waals surface area contributed by atoms with Crippen molar-refractivity contribution in [1.82, 2.24) is 0 Å². The molecule has 0 aliphatic heterocycles. The summed E-state index contributed by atoms with van der Waals surface area (Å²) >= 11 is 14.3. The van der Waals surface area contributed by atoms with Gasteiger partial charge in [-0.05, 0) is 62.2 Å². The number of furan rings is 1. The van der Waals surface area contributed by atoms with Gasteiger partial charge in [0.1, 0.15) is 17.4 Å². The van der Waals surface area contributed by atoms with E-state index in [0.29, 0.717) is 16.4 Å². The second-order valence-corrected chi connectivity index (χ2v) is 8.20. The van der Waals surface area contributed by atoms with E-state index in [1.165, 1.54) is 11.3 Å². The first-order valence-corrected chi connectivity index (χ1v) is 8.14. The SMILES string of the molecule is OC(c1cc2cc(Cl)ccc2o1)c1cc(Br)sc1Br. The lowest BCUT2D eigenvalue weighted by molar-refractivity contribution is 0.192. The molecule has 3 aromatic rings. The summed E-state index contributed by atoms with van der Waals surface area (Å²) in [7, 11) is 0. The Morgan fingerprint density at radius 2 is 2.00 bits per heavy atom. The highest BCUT2D eigenvalue weighted by molar-refractivity contribution is 9.12. The second-order valence-electron chi connectivity index (χ2n) is 4.01. The molecular formula is C13H7Br2ClO2S. The Morgan fingerprint density at radius 3 is 2.68 bits per heavy atom. The zero-order valence-corrected chi connectivity index (χ0v) is 14.1. The van der Waals surface area contributed by atoms with E-state index in [4.69, 9.17) is 16.0 Å². The van der Waals surface area contributed by atoms with Crippen LogP contribution in [0.5, 0.6) is 0 Å². The van der Waals surface area contributed by atoms with E-state index in [-0.39, 0.29) is 0 Å². The van der Waals surface area contributed by atoms with Gasteiger partial charge in [-0.3, -0.25) is 0 Å². The van der Waals surface area contributed by atoms with Crippen molar-refractivity contribution in [3.63, 3.8) is 0 Å². The topological polar surface area (TPSA) is 33.4 Å². The maximum Gasteiger partial charge on any atom is 0.139 e. The van der Waals surface area contributed by atoms with Crippen LogP contribution < -0.4 is 0 Å². The first kappa shape index (κ1) is 13.6. The first-order valence-electron chi connectivity index (χ1n) is 5.36. The van der Waals surface area contributed by atoms with Crippen molar-refractivity contribution in [3.8, 4) is 0 Å². The molecule has 1 aromatic carbocycles. The highest BCUT2D eigenvalue weighted by Crippen LogP contribution is 2.39. The van der Waals surface area contributed by atoms with E-state index in [2.05, 4.69) is 31.9 Å². The van der Waals surface area contributed by atoms with Crippen molar-refractivity contribution >= 4 is 65.8 Å². The monoisotopic (exact) mass is 420 g/mol. The molecule has 0 saturated heterocycles. The maximum atomic E-state index is 10.4. The van der Waals surface area contributed by atoms with Gasteiger partial charge in [-0.1, -0.05) is 11.6 Å². The molecule has 3 rings (SSSR count). The fourth-order valence-electron chi connectivity index (χ4n) is 1.86. The molecule has 0 amide bonds. The summed E-state index contributed by atoms with van der Waals surface area (Å²) in [5, 5.41) is 11.9. The number of hydrogen-bond donors (Lipinski definition) is 1. The van der Waals surface area contributed by atoms with Crippen LogP contribution in [0.15, 0.2) is 42.3 Å². The predicted molar refractivity (Wildman–Crippen MR) is 85.0 cm³/mol. The van der Waals surface area contributed by atoms with Gasteiger partial charge in [-0.25, -0.2) is 0 Å². The molecule has 2 heterocycles. The van der Waals surface area contributed by atoms with Gasteiger partial charge in [-0.2, -0.15) is 0 Å². The largest absolute Gasteiger partial charge is 0.458 e. The van der Waals surface area contributed by atoms with E-state index < -0.39 is 6.10 Å². The van der Waals surface area contributed by atoms with Crippen molar-refractivity contribution in [1.29, 1.82) is 0 Å². The van der Waals surface area contributed by atoms with Crippen LogP contribution in [0.25, 0.3) is 11.0 Å². The van der Waals surface area contributed by atoms with Gasteiger partial charge in [0, 0.05) is 16.0 Å². The van der Waals surface area contributed by atoms with Crippen LogP contribution in [0.4, 0.5) is 0 Å². The van der Waals surface area contributed by atoms with E-state index in [1.54, 1.807) is 12.1 Å². The van der Waals surface area contributed by atoms with Gasteiger partial charge < -0.3 is 9.52 Å². The zero-order valence-electron chi connectivity index (χ0n) is 9.36. The Labute approximate surface area is 135 Å². The minimum Gasteiger partial charge on any atom is -0.458 e. The van der Waals surface area contributed by atoms with Gasteiger partial charge in [0.2, 0.25) is 0 Å². The molecule has 6 heteroatoms. The second kappa shape index (κ2) is 5.22. The number of rotatable bonds is 2. The summed E-state index contributed by atoms with van der Waals surface area (Å²) < 4.78 is 7.49. The maximum absolute atomic E-state index is 10.4. The third-order valence-electron chi connectivity index (χ3n) is 2.74. The van der Waals surface area contributed by atoms with Crippen LogP contribution in [0, 0.1) is 0 Å². The van der Waals surface area contributed by atoms with E-state index in [1.807, 2.05) is 18.2 Å². The fourth-order valence-corrected chi connectivity index (χ4v) is 4.93. The number of thiophene rings is 1. The average Bonchev–Trinajstić information content (AvgIpc) is 2.91. The van der Waals surface area contributed by atoms with Crippen molar-refractivity contribution in [2.45, 2.75) is 6.10 Å². The third-order valence-corrected chi connectivity index (χ3v) is 5.37. The molecule has 0 fully saturated rings. The van der Waals surface area contributed by atoms with Gasteiger partial charge in [0.05, 0.1) is 7.57 Å². The molecular weight excluding hydrogens is 415 g/mol. The van der Waals surface area contributed by atoms with Gasteiger partial charge in [0.15, 0.2) is 0 Å². The van der Waals surface area contributed by atoms with Crippen molar-refractivity contribution in [2.75, 3.05) is 0 Å². The number of benzene rings is 1. The fraction of sp³-hybridized carbons (Fsp3) is 0.0769. The molecule has 0 aliphatic rings. The summed E-state index contributed by atoms with van der Waals surface area (Å²) in [6.45, 7) is 0. The molecule has 2 aromatic heterocycles. The Hall–Kier alpha value is -0.330. The molecule has 19 heavy (non-hydrogen) atoms. The lowest BCUT2D eigenvalue weighted by Gasteiger charge is -2.05. The predicted octanol–water partition coefficient (Wildman–Crippen LogP) is 5.75. The minimum atomic E-state index is -0.803. The summed E-state index contributed by atoms with van der Waals surface area (Å²) in [4.78, 5) is 0. The van der Waals surface area contributed by atoms with Crippen LogP contribution in [0.2, 0.25) is 5.02 Å². The normalized spacial score (nSPS) is 13.1. The lowest BCUT2D eigenvalue weighted by atomic mass is 10.1. The minimum absolute atomic E-state index is 0.503. The molecule has 0 bridgehead atoms. The Balaban J connectivity index is 2.06. The highest BCUT2D eigenvalue weighted by atomic mass is 79.9. The smallest absolute Gasteiger partial charge is 0.139 e. The van der Waals surface area contributed by atoms with Crippen molar-refractivity contribution in [2.24, 2.45) is 0 Å². The quantitative estimate of drug-likeness (QED) is 0.570. The number of aliphatic hydroxyl groups is 1. The van der Waals surface area contributed by atoms with Crippen LogP contribution in [0.1, 0.15) is 17.4 Å². The van der Waals surface area contributed by atoms with E-state index in [9.17, 15) is 5.11 Å². The number of halogens is 3. The Bertz CT molecular complexity index is 750. The lowest BCUT2D eigenvalue weighted by Crippen LogP contribution is -1.96. The van der Waals surface area contributed by atoms with Gasteiger partial charge in [0.25, 0.3) is 0 Å². The zero-order chi connectivity index (χ0) is 13.6. The van der Waals surface area contributed by atoms with E-state index in [0.717, 1.165) is 18.5 Å². The molecule has 0 saturated carbocycles. The Morgan fingerprint density at radius 1 is 1.21 bits per heavy atom. The molecule has 0 spiro atoms. The number of hydrogen-bond acceptors (Lipinski definition) is 3. The molecule has 1 N–H and O–H groups in total.